The molecule has 0 spiro atoms. The fraction of sp³-hybridized carbons (Fsp3) is 0.786. The van der Waals surface area contributed by atoms with Crippen LogP contribution >= 0.6 is 0 Å². The van der Waals surface area contributed by atoms with Gasteiger partial charge >= 0.3 is 6.09 Å². The van der Waals surface area contributed by atoms with Gasteiger partial charge < -0.3 is 14.2 Å². The molecule has 1 aliphatic rings. The second kappa shape index (κ2) is 6.43. The fourth-order valence-electron chi connectivity index (χ4n) is 2.29. The quantitative estimate of drug-likeness (QED) is 0.822. The number of hydrogen-bond donors (Lipinski definition) is 0. The summed E-state index contributed by atoms with van der Waals surface area (Å²) in [5.41, 5.74) is -0.443. The van der Waals surface area contributed by atoms with Crippen molar-refractivity contribution in [1.82, 2.24) is 24.6 Å². The number of nitrogens with zero attached hydrogens (tertiary/aromatic N) is 5. The van der Waals surface area contributed by atoms with Gasteiger partial charge in [0.05, 0.1) is 6.54 Å². The highest BCUT2D eigenvalue weighted by Gasteiger charge is 2.24. The molecule has 1 fully saturated rings. The van der Waals surface area contributed by atoms with Gasteiger partial charge in [-0.05, 0) is 27.2 Å². The summed E-state index contributed by atoms with van der Waals surface area (Å²) in [6, 6.07) is 0. The van der Waals surface area contributed by atoms with Gasteiger partial charge in [-0.3, -0.25) is 4.90 Å². The number of rotatable bonds is 2. The van der Waals surface area contributed by atoms with Gasteiger partial charge in [-0.25, -0.2) is 4.79 Å². The van der Waals surface area contributed by atoms with Gasteiger partial charge in [-0.2, -0.15) is 0 Å². The number of carbonyl (C=O) groups is 1. The molecule has 0 aromatic carbocycles. The molecular weight excluding hydrogens is 270 g/mol. The molecule has 2 heterocycles. The van der Waals surface area contributed by atoms with Crippen molar-refractivity contribution >= 4 is 6.09 Å². The maximum absolute atomic E-state index is 12.1. The summed E-state index contributed by atoms with van der Waals surface area (Å²) in [5, 5.41) is 8.01. The van der Waals surface area contributed by atoms with E-state index in [9.17, 15) is 4.79 Å². The van der Waals surface area contributed by atoms with E-state index in [1.807, 2.05) is 32.4 Å². The average molecular weight is 295 g/mol. The van der Waals surface area contributed by atoms with Gasteiger partial charge in [0.1, 0.15) is 17.8 Å². The van der Waals surface area contributed by atoms with Crippen LogP contribution in [0.3, 0.4) is 0 Å². The van der Waals surface area contributed by atoms with Crippen LogP contribution in [0, 0.1) is 0 Å². The average Bonchev–Trinajstić information content (AvgIpc) is 2.62. The Morgan fingerprint density at radius 2 is 2.05 bits per heavy atom. The fourth-order valence-corrected chi connectivity index (χ4v) is 2.29. The van der Waals surface area contributed by atoms with Crippen LogP contribution in [0.2, 0.25) is 0 Å². The van der Waals surface area contributed by atoms with E-state index in [4.69, 9.17) is 4.74 Å². The van der Waals surface area contributed by atoms with E-state index in [-0.39, 0.29) is 6.09 Å². The van der Waals surface area contributed by atoms with Crippen LogP contribution in [0.1, 0.15) is 33.0 Å². The van der Waals surface area contributed by atoms with Gasteiger partial charge in [0.15, 0.2) is 0 Å². The van der Waals surface area contributed by atoms with Crippen LogP contribution in [-0.4, -0.2) is 62.4 Å². The van der Waals surface area contributed by atoms with Gasteiger partial charge in [0.2, 0.25) is 0 Å². The summed E-state index contributed by atoms with van der Waals surface area (Å²) in [4.78, 5) is 16.2. The smallest absolute Gasteiger partial charge is 0.410 e. The third kappa shape index (κ3) is 4.70. The molecule has 1 amide bonds. The molecule has 7 nitrogen and oxygen atoms in total. The van der Waals surface area contributed by atoms with Crippen molar-refractivity contribution in [2.75, 3.05) is 26.2 Å². The van der Waals surface area contributed by atoms with Crippen LogP contribution in [0.25, 0.3) is 0 Å². The van der Waals surface area contributed by atoms with Crippen molar-refractivity contribution in [3.05, 3.63) is 12.2 Å². The van der Waals surface area contributed by atoms with E-state index in [0.717, 1.165) is 38.4 Å². The number of aryl methyl sites for hydroxylation is 1. The minimum atomic E-state index is -0.443. The lowest BCUT2D eigenvalue weighted by atomic mass is 10.2. The molecule has 0 atom stereocenters. The Hall–Kier alpha value is -1.63. The van der Waals surface area contributed by atoms with Crippen LogP contribution in [-0.2, 0) is 18.3 Å². The maximum Gasteiger partial charge on any atom is 0.410 e. The zero-order valence-corrected chi connectivity index (χ0v) is 13.4. The number of amides is 1. The number of ether oxygens (including phenoxy) is 1. The molecular formula is C14H25N5O2. The van der Waals surface area contributed by atoms with Crippen LogP contribution in [0.15, 0.2) is 6.33 Å². The molecule has 2 rings (SSSR count). The topological polar surface area (TPSA) is 63.5 Å². The third-order valence-electron chi connectivity index (χ3n) is 3.41. The molecule has 0 saturated carbocycles. The van der Waals surface area contributed by atoms with Crippen molar-refractivity contribution in [2.24, 2.45) is 7.05 Å². The lowest BCUT2D eigenvalue weighted by Crippen LogP contribution is -2.39. The first-order valence-corrected chi connectivity index (χ1v) is 7.38. The highest BCUT2D eigenvalue weighted by atomic mass is 16.6. The van der Waals surface area contributed by atoms with E-state index in [1.165, 1.54) is 0 Å². The van der Waals surface area contributed by atoms with Gasteiger partial charge in [0, 0.05) is 33.2 Å². The Morgan fingerprint density at radius 1 is 1.29 bits per heavy atom. The van der Waals surface area contributed by atoms with Crippen LogP contribution in [0.4, 0.5) is 4.79 Å². The second-order valence-electron chi connectivity index (χ2n) is 6.46. The summed E-state index contributed by atoms with van der Waals surface area (Å²) >= 11 is 0. The predicted molar refractivity (Wildman–Crippen MR) is 78.7 cm³/mol. The van der Waals surface area contributed by atoms with Crippen molar-refractivity contribution in [1.29, 1.82) is 0 Å². The van der Waals surface area contributed by atoms with Gasteiger partial charge in [0.25, 0.3) is 0 Å². The standard InChI is InChI=1S/C14H25N5O2/c1-14(2,3)21-13(20)19-7-5-6-18(8-9-19)10-12-16-15-11-17(12)4/h11H,5-10H2,1-4H3. The lowest BCUT2D eigenvalue weighted by molar-refractivity contribution is 0.0257. The molecule has 0 radical (unpaired) electrons. The summed E-state index contributed by atoms with van der Waals surface area (Å²) in [6.07, 6.45) is 2.43. The Kier molecular flexibility index (Phi) is 4.82. The first-order chi connectivity index (χ1) is 9.85. The first-order valence-electron chi connectivity index (χ1n) is 7.38. The predicted octanol–water partition coefficient (Wildman–Crippen LogP) is 1.26. The summed E-state index contributed by atoms with van der Waals surface area (Å²) in [5.74, 6) is 0.945. The minimum absolute atomic E-state index is 0.219. The van der Waals surface area contributed by atoms with E-state index >= 15 is 0 Å². The highest BCUT2D eigenvalue weighted by Crippen LogP contribution is 2.13. The zero-order valence-electron chi connectivity index (χ0n) is 13.4. The van der Waals surface area contributed by atoms with Gasteiger partial charge in [-0.1, -0.05) is 0 Å². The van der Waals surface area contributed by atoms with Crippen molar-refractivity contribution in [3.8, 4) is 0 Å². The van der Waals surface area contributed by atoms with Crippen LogP contribution in [0.5, 0.6) is 0 Å². The number of hydrogen-bond acceptors (Lipinski definition) is 5. The Balaban J connectivity index is 1.87. The molecule has 1 aromatic rings. The normalized spacial score (nSPS) is 17.6. The first kappa shape index (κ1) is 15.8. The Morgan fingerprint density at radius 3 is 2.67 bits per heavy atom. The van der Waals surface area contributed by atoms with E-state index in [0.29, 0.717) is 6.54 Å². The molecule has 7 heteroatoms. The largest absolute Gasteiger partial charge is 0.444 e. The SMILES string of the molecule is Cn1cnnc1CN1CCCN(C(=O)OC(C)(C)C)CC1. The minimum Gasteiger partial charge on any atom is -0.444 e. The van der Waals surface area contributed by atoms with Crippen molar-refractivity contribution in [3.63, 3.8) is 0 Å². The third-order valence-corrected chi connectivity index (χ3v) is 3.41. The number of aromatic nitrogens is 3. The zero-order chi connectivity index (χ0) is 15.5. The Bertz CT molecular complexity index is 480. The van der Waals surface area contributed by atoms with E-state index in [2.05, 4.69) is 15.1 Å². The monoisotopic (exact) mass is 295 g/mol. The molecule has 1 aromatic heterocycles. The molecule has 118 valence electrons. The lowest BCUT2D eigenvalue weighted by Gasteiger charge is -2.26. The van der Waals surface area contributed by atoms with Crippen molar-refractivity contribution in [2.45, 2.75) is 39.3 Å². The molecule has 1 aliphatic heterocycles. The van der Waals surface area contributed by atoms with E-state index in [1.54, 1.807) is 11.2 Å². The van der Waals surface area contributed by atoms with Crippen LogP contribution < -0.4 is 0 Å². The summed E-state index contributed by atoms with van der Waals surface area (Å²) in [6.45, 7) is 9.64. The summed E-state index contributed by atoms with van der Waals surface area (Å²) in [7, 11) is 1.94. The van der Waals surface area contributed by atoms with Gasteiger partial charge in [-0.15, -0.1) is 10.2 Å². The maximum atomic E-state index is 12.1. The summed E-state index contributed by atoms with van der Waals surface area (Å²) < 4.78 is 7.36. The molecule has 0 N–H and O–H groups in total. The Labute approximate surface area is 125 Å². The molecule has 0 aliphatic carbocycles. The highest BCUT2D eigenvalue weighted by molar-refractivity contribution is 5.68. The van der Waals surface area contributed by atoms with Crippen molar-refractivity contribution < 1.29 is 9.53 Å². The molecule has 0 bridgehead atoms. The second-order valence-corrected chi connectivity index (χ2v) is 6.46. The molecule has 1 saturated heterocycles. The number of carbonyl (C=O) groups excluding carboxylic acids is 1. The molecule has 21 heavy (non-hydrogen) atoms. The van der Waals surface area contributed by atoms with E-state index < -0.39 is 5.60 Å². The molecule has 0 unspecified atom stereocenters.